The first kappa shape index (κ1) is 15.0. The van der Waals surface area contributed by atoms with Crippen LogP contribution in [0.3, 0.4) is 0 Å². The number of nitrogen functional groups attached to an aromatic ring is 1. The van der Waals surface area contributed by atoms with Gasteiger partial charge in [-0.15, -0.1) is 24.8 Å². The summed E-state index contributed by atoms with van der Waals surface area (Å²) in [5.74, 6) is 0.606. The maximum Gasteiger partial charge on any atom is 0.128 e. The zero-order valence-electron chi connectivity index (χ0n) is 7.65. The molecule has 0 aliphatic carbocycles. The highest BCUT2D eigenvalue weighted by Crippen LogP contribution is 2.15. The molecule has 0 radical (unpaired) electrons. The van der Waals surface area contributed by atoms with Crippen LogP contribution < -0.4 is 11.1 Å². The Bertz CT molecular complexity index is 243. The van der Waals surface area contributed by atoms with Crippen LogP contribution in [0.4, 0.5) is 5.82 Å². The maximum atomic E-state index is 5.65. The summed E-state index contributed by atoms with van der Waals surface area (Å²) < 4.78 is 0. The predicted octanol–water partition coefficient (Wildman–Crippen LogP) is 1.79. The highest BCUT2D eigenvalue weighted by atomic mass is 35.5. The summed E-state index contributed by atoms with van der Waals surface area (Å²) >= 11 is 0. The molecule has 1 aromatic rings. The second-order valence-corrected chi connectivity index (χ2v) is 2.49. The van der Waals surface area contributed by atoms with E-state index in [9.17, 15) is 0 Å². The summed E-state index contributed by atoms with van der Waals surface area (Å²) in [4.78, 5) is 3.99. The van der Waals surface area contributed by atoms with E-state index in [2.05, 4.69) is 10.3 Å². The first-order valence-electron chi connectivity index (χ1n) is 3.63. The number of aromatic nitrogens is 1. The van der Waals surface area contributed by atoms with E-state index in [-0.39, 0.29) is 30.9 Å². The molecule has 0 aliphatic rings. The summed E-state index contributed by atoms with van der Waals surface area (Å²) in [6.07, 6.45) is 1.70. The summed E-state index contributed by atoms with van der Waals surface area (Å²) in [6.45, 7) is 2.05. The average Bonchev–Trinajstić information content (AvgIpc) is 2.04. The molecule has 0 bridgehead atoms. The van der Waals surface area contributed by atoms with E-state index < -0.39 is 0 Å². The number of rotatable bonds is 2. The van der Waals surface area contributed by atoms with Crippen molar-refractivity contribution < 1.29 is 0 Å². The lowest BCUT2D eigenvalue weighted by Gasteiger charge is -2.11. The Hall–Kier alpha value is -0.510. The fourth-order valence-electron chi connectivity index (χ4n) is 0.952. The Morgan fingerprint density at radius 2 is 2.08 bits per heavy atom. The van der Waals surface area contributed by atoms with Gasteiger partial charge >= 0.3 is 0 Å². The molecule has 0 aromatic carbocycles. The van der Waals surface area contributed by atoms with Gasteiger partial charge < -0.3 is 11.1 Å². The van der Waals surface area contributed by atoms with Crippen molar-refractivity contribution in [2.45, 2.75) is 13.0 Å². The van der Waals surface area contributed by atoms with Crippen molar-refractivity contribution in [2.24, 2.45) is 0 Å². The second-order valence-electron chi connectivity index (χ2n) is 2.49. The second kappa shape index (κ2) is 6.95. The number of nitrogens with two attached hydrogens (primary N) is 1. The van der Waals surface area contributed by atoms with Crippen molar-refractivity contribution >= 4 is 30.6 Å². The Labute approximate surface area is 90.9 Å². The molecule has 3 N–H and O–H groups in total. The third-order valence-corrected chi connectivity index (χ3v) is 1.77. The molecule has 1 heterocycles. The minimum absolute atomic E-state index is 0. The van der Waals surface area contributed by atoms with Gasteiger partial charge in [-0.3, -0.25) is 0 Å². The monoisotopic (exact) mass is 223 g/mol. The molecule has 0 saturated heterocycles. The molecule has 3 nitrogen and oxygen atoms in total. The number of pyridine rings is 1. The summed E-state index contributed by atoms with van der Waals surface area (Å²) in [5.41, 5.74) is 6.70. The van der Waals surface area contributed by atoms with Crippen molar-refractivity contribution in [1.82, 2.24) is 10.3 Å². The van der Waals surface area contributed by atoms with E-state index in [1.807, 2.05) is 26.1 Å². The normalized spacial score (nSPS) is 10.9. The molecule has 0 saturated carbocycles. The quantitative estimate of drug-likeness (QED) is 0.805. The third-order valence-electron chi connectivity index (χ3n) is 1.77. The number of halogens is 2. The Morgan fingerprint density at radius 1 is 1.46 bits per heavy atom. The van der Waals surface area contributed by atoms with Gasteiger partial charge in [0.05, 0.1) is 0 Å². The largest absolute Gasteiger partial charge is 0.383 e. The van der Waals surface area contributed by atoms with Crippen molar-refractivity contribution in [3.05, 3.63) is 23.9 Å². The third kappa shape index (κ3) is 3.81. The molecule has 1 atom stereocenters. The standard InChI is InChI=1S/C8H13N3.2ClH/c1-6(10-2)7-4-3-5-11-8(7)9;;/h3-6,10H,1-2H3,(H2,9,11);2*1H. The maximum absolute atomic E-state index is 5.65. The molecule has 0 amide bonds. The molecule has 0 spiro atoms. The molecule has 1 unspecified atom stereocenters. The van der Waals surface area contributed by atoms with Crippen molar-refractivity contribution in [2.75, 3.05) is 12.8 Å². The molecule has 76 valence electrons. The first-order chi connectivity index (χ1) is 5.25. The van der Waals surface area contributed by atoms with Crippen LogP contribution in [0.2, 0.25) is 0 Å². The van der Waals surface area contributed by atoms with E-state index in [4.69, 9.17) is 5.73 Å². The number of nitrogens with one attached hydrogen (secondary N) is 1. The molecule has 5 heteroatoms. The van der Waals surface area contributed by atoms with Crippen molar-refractivity contribution in [3.63, 3.8) is 0 Å². The molecular weight excluding hydrogens is 209 g/mol. The topological polar surface area (TPSA) is 50.9 Å². The molecule has 0 aliphatic heterocycles. The first-order valence-corrected chi connectivity index (χ1v) is 3.63. The lowest BCUT2D eigenvalue weighted by Crippen LogP contribution is -2.14. The average molecular weight is 224 g/mol. The van der Waals surface area contributed by atoms with Crippen LogP contribution in [0.15, 0.2) is 18.3 Å². The fraction of sp³-hybridized carbons (Fsp3) is 0.375. The van der Waals surface area contributed by atoms with Gasteiger partial charge in [-0.1, -0.05) is 6.07 Å². The van der Waals surface area contributed by atoms with Crippen LogP contribution in [0, 0.1) is 0 Å². The van der Waals surface area contributed by atoms with Gasteiger partial charge in [-0.2, -0.15) is 0 Å². The van der Waals surface area contributed by atoms with Gasteiger partial charge in [0.2, 0.25) is 0 Å². The van der Waals surface area contributed by atoms with Gasteiger partial charge in [-0.25, -0.2) is 4.98 Å². The van der Waals surface area contributed by atoms with Crippen LogP contribution in [0.5, 0.6) is 0 Å². The zero-order chi connectivity index (χ0) is 8.27. The van der Waals surface area contributed by atoms with Crippen LogP contribution >= 0.6 is 24.8 Å². The van der Waals surface area contributed by atoms with Crippen LogP contribution in [-0.4, -0.2) is 12.0 Å². The Morgan fingerprint density at radius 3 is 2.54 bits per heavy atom. The van der Waals surface area contributed by atoms with Crippen molar-refractivity contribution in [1.29, 1.82) is 0 Å². The lowest BCUT2D eigenvalue weighted by molar-refractivity contribution is 0.652. The molecule has 1 aromatic heterocycles. The SMILES string of the molecule is CNC(C)c1cccnc1N.Cl.Cl. The number of hydrogen-bond donors (Lipinski definition) is 2. The predicted molar refractivity (Wildman–Crippen MR) is 60.6 cm³/mol. The molecule has 0 fully saturated rings. The number of anilines is 1. The van der Waals surface area contributed by atoms with Gasteiger partial charge in [0, 0.05) is 17.8 Å². The minimum atomic E-state index is 0. The van der Waals surface area contributed by atoms with E-state index in [0.29, 0.717) is 5.82 Å². The highest BCUT2D eigenvalue weighted by Gasteiger charge is 2.05. The lowest BCUT2D eigenvalue weighted by atomic mass is 10.1. The van der Waals surface area contributed by atoms with Gasteiger partial charge in [0.1, 0.15) is 5.82 Å². The molecular formula is C8H15Cl2N3. The van der Waals surface area contributed by atoms with Gasteiger partial charge in [0.25, 0.3) is 0 Å². The number of hydrogen-bond acceptors (Lipinski definition) is 3. The Balaban J connectivity index is 0. The fourth-order valence-corrected chi connectivity index (χ4v) is 0.952. The van der Waals surface area contributed by atoms with E-state index in [1.165, 1.54) is 0 Å². The van der Waals surface area contributed by atoms with E-state index in [1.54, 1.807) is 6.20 Å². The van der Waals surface area contributed by atoms with Crippen LogP contribution in [0.25, 0.3) is 0 Å². The molecule has 13 heavy (non-hydrogen) atoms. The highest BCUT2D eigenvalue weighted by molar-refractivity contribution is 5.85. The zero-order valence-corrected chi connectivity index (χ0v) is 9.28. The van der Waals surface area contributed by atoms with E-state index >= 15 is 0 Å². The summed E-state index contributed by atoms with van der Waals surface area (Å²) in [6, 6.07) is 4.13. The minimum Gasteiger partial charge on any atom is -0.383 e. The van der Waals surface area contributed by atoms with Crippen LogP contribution in [0.1, 0.15) is 18.5 Å². The smallest absolute Gasteiger partial charge is 0.128 e. The van der Waals surface area contributed by atoms with Gasteiger partial charge in [-0.05, 0) is 20.0 Å². The number of nitrogens with zero attached hydrogens (tertiary/aromatic N) is 1. The van der Waals surface area contributed by atoms with Gasteiger partial charge in [0.15, 0.2) is 0 Å². The summed E-state index contributed by atoms with van der Waals surface area (Å²) in [7, 11) is 1.90. The summed E-state index contributed by atoms with van der Waals surface area (Å²) in [5, 5.41) is 3.10. The Kier molecular flexibility index (Phi) is 8.01. The molecule has 1 rings (SSSR count). The van der Waals surface area contributed by atoms with Crippen molar-refractivity contribution in [3.8, 4) is 0 Å². The van der Waals surface area contributed by atoms with E-state index in [0.717, 1.165) is 5.56 Å². The van der Waals surface area contributed by atoms with Crippen LogP contribution in [-0.2, 0) is 0 Å².